The zero-order valence-corrected chi connectivity index (χ0v) is 12.8. The number of carbonyl (C=O) groups excluding carboxylic acids is 1. The number of likely N-dealkylation sites (N-methyl/N-ethyl adjacent to an activating group) is 1. The van der Waals surface area contributed by atoms with Crippen molar-refractivity contribution < 1.29 is 9.53 Å². The Morgan fingerprint density at radius 1 is 1.52 bits per heavy atom. The summed E-state index contributed by atoms with van der Waals surface area (Å²) in [5, 5.41) is 6.07. The van der Waals surface area contributed by atoms with E-state index in [0.29, 0.717) is 12.2 Å². The fraction of sp³-hybridized carbons (Fsp3) is 0.600. The van der Waals surface area contributed by atoms with Crippen LogP contribution in [0.2, 0.25) is 0 Å². The molecule has 0 aliphatic carbocycles. The van der Waals surface area contributed by atoms with Crippen molar-refractivity contribution >= 4 is 11.6 Å². The number of nitrogens with one attached hydrogen (secondary N) is 2. The van der Waals surface area contributed by atoms with Crippen LogP contribution in [-0.2, 0) is 4.74 Å². The first-order valence-electron chi connectivity index (χ1n) is 7.55. The highest BCUT2D eigenvalue weighted by Gasteiger charge is 2.20. The second kappa shape index (κ2) is 7.95. The van der Waals surface area contributed by atoms with Crippen LogP contribution in [0.4, 0.5) is 5.69 Å². The first kappa shape index (κ1) is 15.7. The lowest BCUT2D eigenvalue weighted by Crippen LogP contribution is -2.47. The molecule has 2 N–H and O–H groups in total. The SMILES string of the molecule is CCNc1ccnc(C(=O)NCC2CN(CC)CCO2)c1. The van der Waals surface area contributed by atoms with Crippen molar-refractivity contribution in [2.24, 2.45) is 0 Å². The molecule has 1 amide bonds. The Bertz CT molecular complexity index is 467. The second-order valence-electron chi connectivity index (χ2n) is 5.06. The largest absolute Gasteiger partial charge is 0.385 e. The van der Waals surface area contributed by atoms with Crippen molar-refractivity contribution in [3.63, 3.8) is 0 Å². The van der Waals surface area contributed by atoms with E-state index in [2.05, 4.69) is 27.4 Å². The average molecular weight is 292 g/mol. The Hall–Kier alpha value is -1.66. The van der Waals surface area contributed by atoms with Crippen molar-refractivity contribution in [3.05, 3.63) is 24.0 Å². The molecule has 1 aromatic rings. The molecule has 1 aliphatic heterocycles. The molecule has 6 heteroatoms. The normalized spacial score (nSPS) is 19.2. The van der Waals surface area contributed by atoms with Gasteiger partial charge in [0.2, 0.25) is 0 Å². The first-order chi connectivity index (χ1) is 10.2. The molecule has 0 saturated carbocycles. The predicted molar refractivity (Wildman–Crippen MR) is 82.6 cm³/mol. The van der Waals surface area contributed by atoms with Gasteiger partial charge < -0.3 is 15.4 Å². The molecule has 1 saturated heterocycles. The van der Waals surface area contributed by atoms with E-state index in [0.717, 1.165) is 38.5 Å². The molecular weight excluding hydrogens is 268 g/mol. The summed E-state index contributed by atoms with van der Waals surface area (Å²) in [4.78, 5) is 18.6. The molecule has 1 aromatic heterocycles. The Balaban J connectivity index is 1.85. The molecule has 1 fully saturated rings. The quantitative estimate of drug-likeness (QED) is 0.817. The van der Waals surface area contributed by atoms with Crippen molar-refractivity contribution in [3.8, 4) is 0 Å². The molecule has 0 radical (unpaired) electrons. The minimum absolute atomic E-state index is 0.0552. The van der Waals surface area contributed by atoms with E-state index in [1.54, 1.807) is 12.3 Å². The highest BCUT2D eigenvalue weighted by molar-refractivity contribution is 5.93. The molecule has 2 rings (SSSR count). The molecule has 0 aromatic carbocycles. The third-order valence-corrected chi connectivity index (χ3v) is 3.53. The summed E-state index contributed by atoms with van der Waals surface area (Å²) in [6, 6.07) is 3.61. The Kier molecular flexibility index (Phi) is 5.95. The summed E-state index contributed by atoms with van der Waals surface area (Å²) in [5.41, 5.74) is 1.33. The van der Waals surface area contributed by atoms with E-state index >= 15 is 0 Å². The van der Waals surface area contributed by atoms with Gasteiger partial charge in [-0.05, 0) is 25.6 Å². The Labute approximate surface area is 125 Å². The third kappa shape index (κ3) is 4.68. The third-order valence-electron chi connectivity index (χ3n) is 3.53. The van der Waals surface area contributed by atoms with Crippen molar-refractivity contribution in [2.75, 3.05) is 44.6 Å². The highest BCUT2D eigenvalue weighted by atomic mass is 16.5. The highest BCUT2D eigenvalue weighted by Crippen LogP contribution is 2.08. The van der Waals surface area contributed by atoms with E-state index in [1.165, 1.54) is 0 Å². The van der Waals surface area contributed by atoms with Gasteiger partial charge in [-0.1, -0.05) is 6.92 Å². The molecule has 0 bridgehead atoms. The van der Waals surface area contributed by atoms with E-state index < -0.39 is 0 Å². The molecule has 1 aliphatic rings. The van der Waals surface area contributed by atoms with Crippen LogP contribution in [0.25, 0.3) is 0 Å². The van der Waals surface area contributed by atoms with Gasteiger partial charge in [0.15, 0.2) is 0 Å². The molecule has 1 unspecified atom stereocenters. The number of nitrogens with zero attached hydrogens (tertiary/aromatic N) is 2. The number of ether oxygens (including phenoxy) is 1. The van der Waals surface area contributed by atoms with Crippen LogP contribution in [0.3, 0.4) is 0 Å². The smallest absolute Gasteiger partial charge is 0.270 e. The van der Waals surface area contributed by atoms with Crippen LogP contribution in [0.15, 0.2) is 18.3 Å². The summed E-state index contributed by atoms with van der Waals surface area (Å²) < 4.78 is 5.67. The molecule has 116 valence electrons. The summed E-state index contributed by atoms with van der Waals surface area (Å²) in [5.74, 6) is -0.160. The van der Waals surface area contributed by atoms with Crippen LogP contribution in [-0.4, -0.2) is 61.2 Å². The van der Waals surface area contributed by atoms with Gasteiger partial charge in [-0.2, -0.15) is 0 Å². The number of aromatic nitrogens is 1. The standard InChI is InChI=1S/C15H24N4O2/c1-3-16-12-5-6-17-14(9-12)15(20)18-10-13-11-19(4-2)7-8-21-13/h5-6,9,13H,3-4,7-8,10-11H2,1-2H3,(H,16,17)(H,18,20). The summed E-state index contributed by atoms with van der Waals surface area (Å²) >= 11 is 0. The van der Waals surface area contributed by atoms with Gasteiger partial charge in [0.05, 0.1) is 12.7 Å². The number of amides is 1. The number of carbonyl (C=O) groups is 1. The van der Waals surface area contributed by atoms with Gasteiger partial charge in [0.1, 0.15) is 5.69 Å². The fourth-order valence-corrected chi connectivity index (χ4v) is 2.36. The van der Waals surface area contributed by atoms with Gasteiger partial charge in [-0.15, -0.1) is 0 Å². The minimum atomic E-state index is -0.160. The minimum Gasteiger partial charge on any atom is -0.385 e. The summed E-state index contributed by atoms with van der Waals surface area (Å²) in [6.45, 7) is 9.05. The fourth-order valence-electron chi connectivity index (χ4n) is 2.36. The number of hydrogen-bond acceptors (Lipinski definition) is 5. The van der Waals surface area contributed by atoms with Crippen molar-refractivity contribution in [1.82, 2.24) is 15.2 Å². The van der Waals surface area contributed by atoms with Crippen LogP contribution >= 0.6 is 0 Å². The van der Waals surface area contributed by atoms with Gasteiger partial charge in [-0.25, -0.2) is 0 Å². The number of morpholine rings is 1. The topological polar surface area (TPSA) is 66.5 Å². The average Bonchev–Trinajstić information content (AvgIpc) is 2.53. The summed E-state index contributed by atoms with van der Waals surface area (Å²) in [7, 11) is 0. The summed E-state index contributed by atoms with van der Waals surface area (Å²) in [6.07, 6.45) is 1.70. The van der Waals surface area contributed by atoms with Crippen LogP contribution in [0, 0.1) is 0 Å². The number of pyridine rings is 1. The second-order valence-corrected chi connectivity index (χ2v) is 5.06. The van der Waals surface area contributed by atoms with E-state index in [-0.39, 0.29) is 12.0 Å². The Morgan fingerprint density at radius 2 is 2.38 bits per heavy atom. The maximum atomic E-state index is 12.1. The van der Waals surface area contributed by atoms with Crippen LogP contribution in [0.1, 0.15) is 24.3 Å². The molecule has 6 nitrogen and oxygen atoms in total. The molecule has 21 heavy (non-hydrogen) atoms. The lowest BCUT2D eigenvalue weighted by molar-refractivity contribution is -0.0246. The van der Waals surface area contributed by atoms with Crippen LogP contribution < -0.4 is 10.6 Å². The van der Waals surface area contributed by atoms with Crippen LogP contribution in [0.5, 0.6) is 0 Å². The number of rotatable bonds is 6. The number of anilines is 1. The maximum absolute atomic E-state index is 12.1. The zero-order valence-electron chi connectivity index (χ0n) is 12.8. The molecule has 0 spiro atoms. The maximum Gasteiger partial charge on any atom is 0.270 e. The van der Waals surface area contributed by atoms with E-state index in [4.69, 9.17) is 4.74 Å². The van der Waals surface area contributed by atoms with E-state index in [9.17, 15) is 4.79 Å². The van der Waals surface area contributed by atoms with Gasteiger partial charge in [0, 0.05) is 38.1 Å². The predicted octanol–water partition coefficient (Wildman–Crippen LogP) is 0.964. The van der Waals surface area contributed by atoms with Crippen molar-refractivity contribution in [2.45, 2.75) is 20.0 Å². The molecular formula is C15H24N4O2. The zero-order chi connectivity index (χ0) is 15.1. The van der Waals surface area contributed by atoms with Gasteiger partial charge >= 0.3 is 0 Å². The molecule has 1 atom stereocenters. The Morgan fingerprint density at radius 3 is 3.14 bits per heavy atom. The lowest BCUT2D eigenvalue weighted by atomic mass is 10.2. The van der Waals surface area contributed by atoms with E-state index in [1.807, 2.05) is 13.0 Å². The molecule has 2 heterocycles. The van der Waals surface area contributed by atoms with Gasteiger partial charge in [-0.3, -0.25) is 14.7 Å². The van der Waals surface area contributed by atoms with Gasteiger partial charge in [0.25, 0.3) is 5.91 Å². The first-order valence-corrected chi connectivity index (χ1v) is 7.55. The monoisotopic (exact) mass is 292 g/mol. The lowest BCUT2D eigenvalue weighted by Gasteiger charge is -2.32. The van der Waals surface area contributed by atoms with Crippen molar-refractivity contribution in [1.29, 1.82) is 0 Å². The number of hydrogen-bond donors (Lipinski definition) is 2.